The summed E-state index contributed by atoms with van der Waals surface area (Å²) in [6, 6.07) is 10.5. The molecule has 0 bridgehead atoms. The lowest BCUT2D eigenvalue weighted by Crippen LogP contribution is -2.25. The molecular formula is C17H20N2O. The van der Waals surface area contributed by atoms with Gasteiger partial charge in [-0.15, -0.1) is 0 Å². The summed E-state index contributed by atoms with van der Waals surface area (Å²) in [6.07, 6.45) is 4.63. The van der Waals surface area contributed by atoms with Gasteiger partial charge in [0, 0.05) is 37.5 Å². The third-order valence-electron chi connectivity index (χ3n) is 3.57. The molecule has 0 amide bonds. The zero-order chi connectivity index (χ0) is 14.0. The molecule has 20 heavy (non-hydrogen) atoms. The Kier molecular flexibility index (Phi) is 3.45. The quantitative estimate of drug-likeness (QED) is 0.925. The molecular weight excluding hydrogens is 248 g/mol. The van der Waals surface area contributed by atoms with Crippen molar-refractivity contribution < 1.29 is 4.74 Å². The van der Waals surface area contributed by atoms with Gasteiger partial charge in [0.2, 0.25) is 0 Å². The van der Waals surface area contributed by atoms with E-state index in [2.05, 4.69) is 42.3 Å². The van der Waals surface area contributed by atoms with Crippen molar-refractivity contribution in [2.24, 2.45) is 0 Å². The van der Waals surface area contributed by atoms with Gasteiger partial charge < -0.3 is 10.1 Å². The van der Waals surface area contributed by atoms with Crippen LogP contribution in [0.5, 0.6) is 5.75 Å². The minimum Gasteiger partial charge on any atom is -0.487 e. The summed E-state index contributed by atoms with van der Waals surface area (Å²) in [5.41, 5.74) is 3.72. The van der Waals surface area contributed by atoms with E-state index < -0.39 is 0 Å². The summed E-state index contributed by atoms with van der Waals surface area (Å²) in [5.74, 6) is 1.07. The van der Waals surface area contributed by atoms with Crippen molar-refractivity contribution in [1.82, 2.24) is 10.3 Å². The standard InChI is InChI=1S/C17H20N2O/c1-17(2)10-14-4-3-5-15(16(14)20-17)12-19-11-13-6-8-18-9-7-13/h3-9,19H,10-12H2,1-2H3. The molecule has 3 rings (SSSR count). The first-order valence-electron chi connectivity index (χ1n) is 7.03. The molecule has 1 aliphatic rings. The van der Waals surface area contributed by atoms with Crippen molar-refractivity contribution in [1.29, 1.82) is 0 Å². The third kappa shape index (κ3) is 2.83. The Labute approximate surface area is 120 Å². The van der Waals surface area contributed by atoms with Crippen LogP contribution in [0.3, 0.4) is 0 Å². The molecule has 3 nitrogen and oxygen atoms in total. The second kappa shape index (κ2) is 5.25. The van der Waals surface area contributed by atoms with Gasteiger partial charge >= 0.3 is 0 Å². The van der Waals surface area contributed by atoms with Gasteiger partial charge in [-0.05, 0) is 37.1 Å². The van der Waals surface area contributed by atoms with Crippen LogP contribution in [0.25, 0.3) is 0 Å². The summed E-state index contributed by atoms with van der Waals surface area (Å²) in [7, 11) is 0. The highest BCUT2D eigenvalue weighted by atomic mass is 16.5. The van der Waals surface area contributed by atoms with E-state index in [0.717, 1.165) is 25.3 Å². The molecule has 0 fully saturated rings. The van der Waals surface area contributed by atoms with Gasteiger partial charge in [-0.25, -0.2) is 0 Å². The zero-order valence-corrected chi connectivity index (χ0v) is 12.0. The van der Waals surface area contributed by atoms with Crippen LogP contribution in [0.4, 0.5) is 0 Å². The maximum Gasteiger partial charge on any atom is 0.127 e. The van der Waals surface area contributed by atoms with E-state index >= 15 is 0 Å². The Hall–Kier alpha value is -1.87. The van der Waals surface area contributed by atoms with E-state index in [1.54, 1.807) is 0 Å². The molecule has 0 unspecified atom stereocenters. The predicted octanol–water partition coefficient (Wildman–Crippen LogP) is 3.08. The van der Waals surface area contributed by atoms with Gasteiger partial charge in [0.05, 0.1) is 0 Å². The topological polar surface area (TPSA) is 34.2 Å². The molecule has 104 valence electrons. The van der Waals surface area contributed by atoms with Gasteiger partial charge in [0.25, 0.3) is 0 Å². The van der Waals surface area contributed by atoms with Crippen LogP contribution in [-0.2, 0) is 19.5 Å². The van der Waals surface area contributed by atoms with Crippen molar-refractivity contribution in [2.75, 3.05) is 0 Å². The van der Waals surface area contributed by atoms with Crippen LogP contribution in [0.1, 0.15) is 30.5 Å². The lowest BCUT2D eigenvalue weighted by Gasteiger charge is -2.18. The number of benzene rings is 1. The molecule has 0 saturated carbocycles. The number of hydrogen-bond donors (Lipinski definition) is 1. The molecule has 2 aromatic rings. The van der Waals surface area contributed by atoms with Gasteiger partial charge in [-0.2, -0.15) is 0 Å². The number of ether oxygens (including phenoxy) is 1. The minimum atomic E-state index is -0.0798. The lowest BCUT2D eigenvalue weighted by molar-refractivity contribution is 0.137. The van der Waals surface area contributed by atoms with Crippen molar-refractivity contribution in [3.05, 3.63) is 59.4 Å². The Morgan fingerprint density at radius 2 is 1.95 bits per heavy atom. The Bertz CT molecular complexity index is 593. The molecule has 0 aliphatic carbocycles. The van der Waals surface area contributed by atoms with Crippen LogP contribution in [0, 0.1) is 0 Å². The molecule has 1 aromatic carbocycles. The monoisotopic (exact) mass is 268 g/mol. The van der Waals surface area contributed by atoms with Crippen LogP contribution in [-0.4, -0.2) is 10.6 Å². The summed E-state index contributed by atoms with van der Waals surface area (Å²) in [5, 5.41) is 3.47. The fourth-order valence-corrected chi connectivity index (χ4v) is 2.66. The highest BCUT2D eigenvalue weighted by Crippen LogP contribution is 2.37. The van der Waals surface area contributed by atoms with E-state index in [0.29, 0.717) is 0 Å². The number of pyridine rings is 1. The second-order valence-electron chi connectivity index (χ2n) is 5.90. The fourth-order valence-electron chi connectivity index (χ4n) is 2.66. The average Bonchev–Trinajstić information content (AvgIpc) is 2.75. The normalized spacial score (nSPS) is 15.7. The number of nitrogens with zero attached hydrogens (tertiary/aromatic N) is 1. The van der Waals surface area contributed by atoms with Crippen molar-refractivity contribution >= 4 is 0 Å². The fraction of sp³-hybridized carbons (Fsp3) is 0.353. The first-order chi connectivity index (χ1) is 9.64. The molecule has 1 N–H and O–H groups in total. The smallest absolute Gasteiger partial charge is 0.127 e. The largest absolute Gasteiger partial charge is 0.487 e. The Morgan fingerprint density at radius 1 is 1.15 bits per heavy atom. The van der Waals surface area contributed by atoms with Crippen LogP contribution >= 0.6 is 0 Å². The van der Waals surface area contributed by atoms with E-state index in [4.69, 9.17) is 4.74 Å². The summed E-state index contributed by atoms with van der Waals surface area (Å²) >= 11 is 0. The number of fused-ring (bicyclic) bond motifs is 1. The molecule has 0 saturated heterocycles. The summed E-state index contributed by atoms with van der Waals surface area (Å²) < 4.78 is 6.08. The minimum absolute atomic E-state index is 0.0798. The molecule has 1 aliphatic heterocycles. The summed E-state index contributed by atoms with van der Waals surface area (Å²) in [6.45, 7) is 5.94. The average molecular weight is 268 g/mol. The molecule has 1 aromatic heterocycles. The maximum absolute atomic E-state index is 6.08. The van der Waals surface area contributed by atoms with Gasteiger partial charge in [0.15, 0.2) is 0 Å². The van der Waals surface area contributed by atoms with E-state index in [1.165, 1.54) is 16.7 Å². The van der Waals surface area contributed by atoms with Gasteiger partial charge in [-0.3, -0.25) is 4.98 Å². The van der Waals surface area contributed by atoms with Crippen LogP contribution in [0.2, 0.25) is 0 Å². The number of hydrogen-bond acceptors (Lipinski definition) is 3. The third-order valence-corrected chi connectivity index (χ3v) is 3.57. The molecule has 2 heterocycles. The second-order valence-corrected chi connectivity index (χ2v) is 5.90. The zero-order valence-electron chi connectivity index (χ0n) is 12.0. The number of para-hydroxylation sites is 1. The first kappa shape index (κ1) is 13.1. The summed E-state index contributed by atoms with van der Waals surface area (Å²) in [4.78, 5) is 4.03. The number of aromatic nitrogens is 1. The predicted molar refractivity (Wildman–Crippen MR) is 79.6 cm³/mol. The highest BCUT2D eigenvalue weighted by molar-refractivity contribution is 5.45. The van der Waals surface area contributed by atoms with Crippen molar-refractivity contribution in [2.45, 2.75) is 39.0 Å². The number of rotatable bonds is 4. The molecule has 0 atom stereocenters. The van der Waals surface area contributed by atoms with E-state index in [-0.39, 0.29) is 5.60 Å². The number of nitrogens with one attached hydrogen (secondary N) is 1. The van der Waals surface area contributed by atoms with E-state index in [1.807, 2.05) is 24.5 Å². The van der Waals surface area contributed by atoms with Crippen molar-refractivity contribution in [3.8, 4) is 5.75 Å². The SMILES string of the molecule is CC1(C)Cc2cccc(CNCc3ccncc3)c2O1. The van der Waals surface area contributed by atoms with Crippen LogP contribution in [0.15, 0.2) is 42.7 Å². The van der Waals surface area contributed by atoms with Gasteiger partial charge in [-0.1, -0.05) is 18.2 Å². The maximum atomic E-state index is 6.08. The van der Waals surface area contributed by atoms with Crippen LogP contribution < -0.4 is 10.1 Å². The molecule has 0 radical (unpaired) electrons. The Morgan fingerprint density at radius 3 is 2.75 bits per heavy atom. The van der Waals surface area contributed by atoms with Gasteiger partial charge in [0.1, 0.15) is 11.4 Å². The Balaban J connectivity index is 1.66. The van der Waals surface area contributed by atoms with Crippen molar-refractivity contribution in [3.63, 3.8) is 0 Å². The first-order valence-corrected chi connectivity index (χ1v) is 7.03. The lowest BCUT2D eigenvalue weighted by atomic mass is 10.0. The highest BCUT2D eigenvalue weighted by Gasteiger charge is 2.31. The molecule has 3 heteroatoms. The molecule has 0 spiro atoms. The van der Waals surface area contributed by atoms with E-state index in [9.17, 15) is 0 Å².